The fourth-order valence-corrected chi connectivity index (χ4v) is 6.56. The Morgan fingerprint density at radius 3 is 2.56 bits per heavy atom. The molecule has 1 fully saturated rings. The Morgan fingerprint density at radius 2 is 1.87 bits per heavy atom. The third kappa shape index (κ3) is 4.05. The minimum atomic E-state index is -3.89. The summed E-state index contributed by atoms with van der Waals surface area (Å²) in [6.45, 7) is 2.51. The lowest BCUT2D eigenvalue weighted by atomic mass is 10.1. The molecule has 196 valence electrons. The summed E-state index contributed by atoms with van der Waals surface area (Å²) >= 11 is 0. The van der Waals surface area contributed by atoms with E-state index >= 15 is 0 Å². The van der Waals surface area contributed by atoms with Crippen LogP contribution in [0.3, 0.4) is 0 Å². The van der Waals surface area contributed by atoms with Crippen molar-refractivity contribution in [2.45, 2.75) is 30.4 Å². The first-order valence-electron chi connectivity index (χ1n) is 12.5. The predicted molar refractivity (Wildman–Crippen MR) is 143 cm³/mol. The van der Waals surface area contributed by atoms with Crippen LogP contribution in [-0.2, 0) is 10.0 Å². The Balaban J connectivity index is 1.43. The van der Waals surface area contributed by atoms with E-state index in [-0.39, 0.29) is 22.5 Å². The summed E-state index contributed by atoms with van der Waals surface area (Å²) in [4.78, 5) is 24.2. The molecule has 4 heterocycles. The van der Waals surface area contributed by atoms with E-state index < -0.39 is 16.1 Å². The van der Waals surface area contributed by atoms with E-state index in [0.717, 1.165) is 3.97 Å². The van der Waals surface area contributed by atoms with Gasteiger partial charge in [-0.1, -0.05) is 18.2 Å². The molecule has 2 unspecified atom stereocenters. The molecule has 39 heavy (non-hydrogen) atoms. The van der Waals surface area contributed by atoms with Gasteiger partial charge in [0.15, 0.2) is 5.65 Å². The van der Waals surface area contributed by atoms with E-state index in [2.05, 4.69) is 16.0 Å². The van der Waals surface area contributed by atoms with Crippen molar-refractivity contribution in [3.05, 3.63) is 90.0 Å². The molecule has 6 rings (SSSR count). The van der Waals surface area contributed by atoms with Gasteiger partial charge in [-0.15, -0.1) is 0 Å². The number of nitriles is 1. The highest BCUT2D eigenvalue weighted by atomic mass is 32.2. The average molecular weight is 541 g/mol. The fraction of sp³-hybridized carbons (Fsp3) is 0.214. The van der Waals surface area contributed by atoms with Crippen molar-refractivity contribution in [1.82, 2.24) is 23.4 Å². The molecule has 1 amide bonds. The normalized spacial score (nSPS) is 16.5. The Labute approximate surface area is 224 Å². The summed E-state index contributed by atoms with van der Waals surface area (Å²) in [6.07, 6.45) is 2.73. The van der Waals surface area contributed by atoms with E-state index in [4.69, 9.17) is 5.26 Å². The molecule has 0 radical (unpaired) electrons. The van der Waals surface area contributed by atoms with Crippen molar-refractivity contribution in [1.29, 1.82) is 5.26 Å². The molecule has 1 N–H and O–H groups in total. The van der Waals surface area contributed by atoms with Gasteiger partial charge in [-0.3, -0.25) is 4.79 Å². The number of fused-ring (bicyclic) bond motifs is 3. The number of carbonyl (C=O) groups excluding carboxylic acids is 1. The molecule has 0 aliphatic carbocycles. The van der Waals surface area contributed by atoms with Crippen LogP contribution in [0, 0.1) is 11.3 Å². The van der Waals surface area contributed by atoms with Crippen LogP contribution in [0.25, 0.3) is 22.1 Å². The smallest absolute Gasteiger partial charge is 0.269 e. The van der Waals surface area contributed by atoms with Crippen LogP contribution >= 0.6 is 0 Å². The topological polar surface area (TPSA) is 134 Å². The molecule has 1 aliphatic heterocycles. The second kappa shape index (κ2) is 9.34. The Bertz CT molecular complexity index is 1870. The van der Waals surface area contributed by atoms with Gasteiger partial charge >= 0.3 is 0 Å². The van der Waals surface area contributed by atoms with Crippen molar-refractivity contribution >= 4 is 38.0 Å². The van der Waals surface area contributed by atoms with Gasteiger partial charge < -0.3 is 14.6 Å². The summed E-state index contributed by atoms with van der Waals surface area (Å²) in [5.41, 5.74) is 2.43. The molecule has 2 aromatic carbocycles. The lowest BCUT2D eigenvalue weighted by Gasteiger charge is -2.20. The number of carbonyl (C=O) groups is 1. The van der Waals surface area contributed by atoms with Gasteiger partial charge in [-0.05, 0) is 55.8 Å². The van der Waals surface area contributed by atoms with Crippen molar-refractivity contribution in [3.63, 3.8) is 0 Å². The van der Waals surface area contributed by atoms with E-state index in [1.165, 1.54) is 24.5 Å². The maximum atomic E-state index is 13.4. The van der Waals surface area contributed by atoms with Crippen LogP contribution in [0.15, 0.2) is 78.0 Å². The Kier molecular flexibility index (Phi) is 5.94. The minimum absolute atomic E-state index is 0.142. The number of imidazole rings is 1. The number of rotatable bonds is 5. The van der Waals surface area contributed by atoms with Crippen LogP contribution in [0.5, 0.6) is 0 Å². The number of pyridine rings is 1. The van der Waals surface area contributed by atoms with Crippen LogP contribution in [-0.4, -0.2) is 55.9 Å². The number of aliphatic hydroxyl groups is 1. The second-order valence-corrected chi connectivity index (χ2v) is 11.4. The van der Waals surface area contributed by atoms with E-state index in [0.29, 0.717) is 52.9 Å². The third-order valence-electron chi connectivity index (χ3n) is 7.11. The maximum Gasteiger partial charge on any atom is 0.269 e. The van der Waals surface area contributed by atoms with Crippen LogP contribution in [0.1, 0.15) is 47.2 Å². The molecule has 0 spiro atoms. The van der Waals surface area contributed by atoms with Crippen LogP contribution in [0.2, 0.25) is 0 Å². The van der Waals surface area contributed by atoms with Gasteiger partial charge in [0.1, 0.15) is 17.4 Å². The first kappa shape index (κ1) is 24.8. The lowest BCUT2D eigenvalue weighted by Crippen LogP contribution is -2.29. The second-order valence-electron chi connectivity index (χ2n) is 9.56. The standard InChI is InChI=1S/C28H24N6O4S/c1-18(35)26-31-24-16-30-27-23(12-14-33(27)39(37,38)22-5-3-2-4-6-22)25(24)34(26)21-11-13-32(17-21)28(36)20-9-7-19(15-29)8-10-20/h2-10,12,14,16,18,21,35H,11,13,17H2,1H3. The summed E-state index contributed by atoms with van der Waals surface area (Å²) < 4.78 is 29.9. The first-order chi connectivity index (χ1) is 18.8. The molecular weight excluding hydrogens is 516 g/mol. The number of nitrogens with zero attached hydrogens (tertiary/aromatic N) is 6. The highest BCUT2D eigenvalue weighted by Gasteiger charge is 2.33. The summed E-state index contributed by atoms with van der Waals surface area (Å²) in [5.74, 6) is 0.285. The van der Waals surface area contributed by atoms with Gasteiger partial charge in [-0.2, -0.15) is 5.26 Å². The number of hydrogen-bond acceptors (Lipinski definition) is 7. The molecule has 5 aromatic rings. The number of amides is 1. The summed E-state index contributed by atoms with van der Waals surface area (Å²) in [7, 11) is -3.89. The predicted octanol–water partition coefficient (Wildman–Crippen LogP) is 3.64. The van der Waals surface area contributed by atoms with Crippen molar-refractivity contribution in [2.75, 3.05) is 13.1 Å². The first-order valence-corrected chi connectivity index (χ1v) is 13.9. The lowest BCUT2D eigenvalue weighted by molar-refractivity contribution is 0.0787. The summed E-state index contributed by atoms with van der Waals surface area (Å²) in [5, 5.41) is 20.2. The average Bonchev–Trinajstić information content (AvgIpc) is 3.69. The zero-order valence-electron chi connectivity index (χ0n) is 21.0. The Morgan fingerprint density at radius 1 is 1.13 bits per heavy atom. The fourth-order valence-electron chi connectivity index (χ4n) is 5.24. The number of hydrogen-bond donors (Lipinski definition) is 1. The number of aromatic nitrogens is 4. The molecule has 3 aromatic heterocycles. The van der Waals surface area contributed by atoms with Crippen molar-refractivity contribution in [3.8, 4) is 6.07 Å². The molecule has 11 heteroatoms. The molecular formula is C28H24N6O4S. The van der Waals surface area contributed by atoms with E-state index in [9.17, 15) is 18.3 Å². The maximum absolute atomic E-state index is 13.4. The summed E-state index contributed by atoms with van der Waals surface area (Å²) in [6, 6.07) is 18.2. The van der Waals surface area contributed by atoms with Gasteiger partial charge in [0, 0.05) is 30.2 Å². The highest BCUT2D eigenvalue weighted by molar-refractivity contribution is 7.90. The van der Waals surface area contributed by atoms with Gasteiger partial charge in [0.05, 0.1) is 34.3 Å². The number of likely N-dealkylation sites (tertiary alicyclic amines) is 1. The third-order valence-corrected chi connectivity index (χ3v) is 8.79. The van der Waals surface area contributed by atoms with Crippen molar-refractivity contribution < 1.29 is 18.3 Å². The minimum Gasteiger partial charge on any atom is -0.385 e. The van der Waals surface area contributed by atoms with Crippen LogP contribution in [0.4, 0.5) is 0 Å². The van der Waals surface area contributed by atoms with E-state index in [1.54, 1.807) is 60.4 Å². The molecule has 1 aliphatic rings. The van der Waals surface area contributed by atoms with Gasteiger partial charge in [0.2, 0.25) is 0 Å². The zero-order chi connectivity index (χ0) is 27.3. The largest absolute Gasteiger partial charge is 0.385 e. The van der Waals surface area contributed by atoms with Crippen molar-refractivity contribution in [2.24, 2.45) is 0 Å². The quantitative estimate of drug-likeness (QED) is 0.360. The van der Waals surface area contributed by atoms with Gasteiger partial charge in [-0.25, -0.2) is 22.4 Å². The van der Waals surface area contributed by atoms with Crippen LogP contribution < -0.4 is 0 Å². The Hall–Kier alpha value is -4.53. The SMILES string of the molecule is CC(O)c1nc2cnc3c(ccn3S(=O)(=O)c3ccccc3)c2n1C1CCN(C(=O)c2ccc(C#N)cc2)C1. The van der Waals surface area contributed by atoms with E-state index in [1.807, 2.05) is 4.57 Å². The molecule has 10 nitrogen and oxygen atoms in total. The number of benzene rings is 2. The monoisotopic (exact) mass is 540 g/mol. The van der Waals surface area contributed by atoms with Gasteiger partial charge in [0.25, 0.3) is 15.9 Å². The zero-order valence-corrected chi connectivity index (χ0v) is 21.8. The number of aliphatic hydroxyl groups excluding tert-OH is 1. The molecule has 0 bridgehead atoms. The molecule has 1 saturated heterocycles. The molecule has 2 atom stereocenters. The highest BCUT2D eigenvalue weighted by Crippen LogP contribution is 2.35. The molecule has 0 saturated carbocycles.